The Kier molecular flexibility index (Phi) is 4.04. The summed E-state index contributed by atoms with van der Waals surface area (Å²) in [4.78, 5) is 15.0. The summed E-state index contributed by atoms with van der Waals surface area (Å²) in [7, 11) is 0. The molecular formula is C13H20N2O2S. The van der Waals surface area contributed by atoms with E-state index in [-0.39, 0.29) is 0 Å². The molecule has 1 aromatic heterocycles. The average Bonchev–Trinajstić information content (AvgIpc) is 2.97. The van der Waals surface area contributed by atoms with Crippen molar-refractivity contribution in [2.75, 3.05) is 13.1 Å². The van der Waals surface area contributed by atoms with Crippen LogP contribution in [-0.2, 0) is 11.3 Å². The van der Waals surface area contributed by atoms with Crippen LogP contribution < -0.4 is 5.32 Å². The summed E-state index contributed by atoms with van der Waals surface area (Å²) < 4.78 is 0. The van der Waals surface area contributed by atoms with Gasteiger partial charge in [0.25, 0.3) is 0 Å². The molecule has 0 amide bonds. The fourth-order valence-electron chi connectivity index (χ4n) is 2.34. The summed E-state index contributed by atoms with van der Waals surface area (Å²) >= 11 is 1.65. The van der Waals surface area contributed by atoms with Crippen LogP contribution in [0.2, 0.25) is 0 Å². The minimum Gasteiger partial charge on any atom is -0.480 e. The summed E-state index contributed by atoms with van der Waals surface area (Å²) in [5.41, 5.74) is -0.783. The number of hydrogen-bond acceptors (Lipinski definition) is 4. The van der Waals surface area contributed by atoms with Crippen LogP contribution >= 0.6 is 11.3 Å². The Labute approximate surface area is 112 Å². The van der Waals surface area contributed by atoms with Crippen molar-refractivity contribution in [2.24, 2.45) is 0 Å². The van der Waals surface area contributed by atoms with Gasteiger partial charge in [-0.05, 0) is 31.7 Å². The van der Waals surface area contributed by atoms with E-state index in [0.29, 0.717) is 25.6 Å². The Balaban J connectivity index is 2.02. The van der Waals surface area contributed by atoms with Crippen LogP contribution in [0.25, 0.3) is 0 Å². The van der Waals surface area contributed by atoms with Gasteiger partial charge in [0.1, 0.15) is 5.54 Å². The zero-order valence-corrected chi connectivity index (χ0v) is 11.7. The van der Waals surface area contributed by atoms with Crippen molar-refractivity contribution in [3.8, 4) is 0 Å². The van der Waals surface area contributed by atoms with Gasteiger partial charge in [-0.2, -0.15) is 0 Å². The molecule has 0 bridgehead atoms. The first-order chi connectivity index (χ1) is 8.53. The number of likely N-dealkylation sites (tertiary alicyclic amines) is 1. The monoisotopic (exact) mass is 268 g/mol. The number of nitrogens with zero attached hydrogens (tertiary/aromatic N) is 1. The van der Waals surface area contributed by atoms with Gasteiger partial charge in [-0.1, -0.05) is 6.07 Å². The maximum Gasteiger partial charge on any atom is 0.325 e. The molecule has 2 rings (SSSR count). The van der Waals surface area contributed by atoms with E-state index in [1.54, 1.807) is 11.3 Å². The molecule has 0 spiro atoms. The predicted molar refractivity (Wildman–Crippen MR) is 72.9 cm³/mol. The molecule has 18 heavy (non-hydrogen) atoms. The molecule has 1 fully saturated rings. The van der Waals surface area contributed by atoms with Gasteiger partial charge in [-0.25, -0.2) is 0 Å². The van der Waals surface area contributed by atoms with Crippen molar-refractivity contribution in [1.82, 2.24) is 10.2 Å². The highest BCUT2D eigenvalue weighted by molar-refractivity contribution is 7.09. The second kappa shape index (κ2) is 5.38. The summed E-state index contributed by atoms with van der Waals surface area (Å²) in [6, 6.07) is 4.42. The molecule has 1 unspecified atom stereocenters. The molecular weight excluding hydrogens is 248 g/mol. The van der Waals surface area contributed by atoms with Crippen molar-refractivity contribution in [3.63, 3.8) is 0 Å². The second-order valence-corrected chi connectivity index (χ2v) is 6.17. The molecule has 5 heteroatoms. The van der Waals surface area contributed by atoms with Crippen molar-refractivity contribution < 1.29 is 9.90 Å². The largest absolute Gasteiger partial charge is 0.480 e. The zero-order valence-electron chi connectivity index (χ0n) is 10.8. The van der Waals surface area contributed by atoms with E-state index in [9.17, 15) is 9.90 Å². The molecule has 0 saturated carbocycles. The molecule has 100 valence electrons. The topological polar surface area (TPSA) is 52.6 Å². The molecule has 1 aromatic rings. The summed E-state index contributed by atoms with van der Waals surface area (Å²) in [5.74, 6) is -0.734. The molecule has 1 aliphatic rings. The first kappa shape index (κ1) is 13.5. The van der Waals surface area contributed by atoms with Crippen LogP contribution in [0.3, 0.4) is 0 Å². The van der Waals surface area contributed by atoms with Crippen LogP contribution in [0.5, 0.6) is 0 Å². The van der Waals surface area contributed by atoms with Crippen molar-refractivity contribution >= 4 is 17.3 Å². The number of thiophene rings is 1. The summed E-state index contributed by atoms with van der Waals surface area (Å²) in [6.45, 7) is 6.29. The van der Waals surface area contributed by atoms with E-state index < -0.39 is 11.5 Å². The number of hydrogen-bond donors (Lipinski definition) is 2. The van der Waals surface area contributed by atoms with Crippen molar-refractivity contribution in [1.29, 1.82) is 0 Å². The lowest BCUT2D eigenvalue weighted by Crippen LogP contribution is -2.54. The summed E-state index contributed by atoms with van der Waals surface area (Å²) in [6.07, 6.45) is 0.673. The van der Waals surface area contributed by atoms with Gasteiger partial charge in [-0.3, -0.25) is 15.0 Å². The van der Waals surface area contributed by atoms with Crippen LogP contribution in [-0.4, -0.2) is 40.6 Å². The van der Waals surface area contributed by atoms with Gasteiger partial charge in [0, 0.05) is 30.6 Å². The molecule has 1 aliphatic heterocycles. The van der Waals surface area contributed by atoms with Gasteiger partial charge < -0.3 is 5.11 Å². The maximum atomic E-state index is 11.6. The highest BCUT2D eigenvalue weighted by Gasteiger charge is 2.44. The first-order valence-electron chi connectivity index (χ1n) is 6.28. The van der Waals surface area contributed by atoms with E-state index in [0.717, 1.165) is 6.54 Å². The first-order valence-corrected chi connectivity index (χ1v) is 7.16. The Morgan fingerprint density at radius 2 is 2.44 bits per heavy atom. The van der Waals surface area contributed by atoms with Gasteiger partial charge in [-0.15, -0.1) is 11.3 Å². The highest BCUT2D eigenvalue weighted by Crippen LogP contribution is 2.24. The highest BCUT2D eigenvalue weighted by atomic mass is 32.1. The van der Waals surface area contributed by atoms with Crippen LogP contribution in [0.15, 0.2) is 17.5 Å². The molecule has 2 N–H and O–H groups in total. The Hall–Kier alpha value is -0.910. The number of aliphatic carboxylic acids is 1. The van der Waals surface area contributed by atoms with E-state index in [4.69, 9.17) is 0 Å². The van der Waals surface area contributed by atoms with Gasteiger partial charge in [0.2, 0.25) is 0 Å². The number of nitrogens with one attached hydrogen (secondary N) is 1. The molecule has 1 atom stereocenters. The molecule has 2 heterocycles. The Bertz CT molecular complexity index is 405. The summed E-state index contributed by atoms with van der Waals surface area (Å²) in [5, 5.41) is 14.8. The zero-order chi connectivity index (χ0) is 13.2. The third kappa shape index (κ3) is 2.74. The van der Waals surface area contributed by atoms with E-state index in [1.807, 2.05) is 17.5 Å². The number of carboxylic acids is 1. The third-order valence-corrected chi connectivity index (χ3v) is 4.50. The fourth-order valence-corrected chi connectivity index (χ4v) is 2.99. The van der Waals surface area contributed by atoms with Crippen molar-refractivity contribution in [3.05, 3.63) is 22.4 Å². The van der Waals surface area contributed by atoms with E-state index in [2.05, 4.69) is 24.1 Å². The fraction of sp³-hybridized carbons (Fsp3) is 0.615. The van der Waals surface area contributed by atoms with Crippen LogP contribution in [0.4, 0.5) is 0 Å². The maximum absolute atomic E-state index is 11.6. The molecule has 0 radical (unpaired) electrons. The lowest BCUT2D eigenvalue weighted by molar-refractivity contribution is -0.144. The lowest BCUT2D eigenvalue weighted by Gasteiger charge is -2.27. The smallest absolute Gasteiger partial charge is 0.325 e. The predicted octanol–water partition coefficient (Wildman–Crippen LogP) is 1.78. The van der Waals surface area contributed by atoms with Gasteiger partial charge in [0.05, 0.1) is 0 Å². The second-order valence-electron chi connectivity index (χ2n) is 5.13. The number of carboxylic acid groups (broad SMARTS) is 1. The lowest BCUT2D eigenvalue weighted by atomic mass is 9.99. The Morgan fingerprint density at radius 3 is 2.94 bits per heavy atom. The van der Waals surface area contributed by atoms with E-state index in [1.165, 1.54) is 4.88 Å². The SMILES string of the molecule is CC(C)N1CCC(NCc2cccs2)(C(=O)O)C1. The average molecular weight is 268 g/mol. The van der Waals surface area contributed by atoms with E-state index >= 15 is 0 Å². The normalized spacial score (nSPS) is 24.8. The number of carbonyl (C=O) groups is 1. The number of rotatable bonds is 5. The standard InChI is InChI=1S/C13H20N2O2S/c1-10(2)15-6-5-13(9-15,12(16)17)14-8-11-4-3-7-18-11/h3-4,7,10,14H,5-6,8-9H2,1-2H3,(H,16,17). The minimum absolute atomic E-state index is 0.398. The quantitative estimate of drug-likeness (QED) is 0.854. The van der Waals surface area contributed by atoms with Crippen LogP contribution in [0.1, 0.15) is 25.1 Å². The van der Waals surface area contributed by atoms with Crippen LogP contribution in [0, 0.1) is 0 Å². The Morgan fingerprint density at radius 1 is 1.67 bits per heavy atom. The molecule has 0 aromatic carbocycles. The minimum atomic E-state index is -0.783. The molecule has 1 saturated heterocycles. The van der Waals surface area contributed by atoms with Gasteiger partial charge >= 0.3 is 5.97 Å². The third-order valence-electron chi connectivity index (χ3n) is 3.62. The van der Waals surface area contributed by atoms with Crippen molar-refractivity contribution in [2.45, 2.75) is 38.4 Å². The molecule has 0 aliphatic carbocycles. The van der Waals surface area contributed by atoms with Gasteiger partial charge in [0.15, 0.2) is 0 Å². The molecule has 4 nitrogen and oxygen atoms in total.